The van der Waals surface area contributed by atoms with E-state index in [2.05, 4.69) is 21.2 Å². The van der Waals surface area contributed by atoms with Gasteiger partial charge in [0, 0.05) is 5.02 Å². The second-order valence-corrected chi connectivity index (χ2v) is 7.15. The molecule has 0 aliphatic carbocycles. The average molecular weight is 470 g/mol. The van der Waals surface area contributed by atoms with Gasteiger partial charge in [0.2, 0.25) is 0 Å². The van der Waals surface area contributed by atoms with Crippen molar-refractivity contribution < 1.29 is 19.1 Å². The van der Waals surface area contributed by atoms with Gasteiger partial charge in [-0.2, -0.15) is 0 Å². The van der Waals surface area contributed by atoms with Crippen LogP contribution in [-0.2, 0) is 9.59 Å². The molecule has 1 fully saturated rings. The van der Waals surface area contributed by atoms with Crippen molar-refractivity contribution in [1.82, 2.24) is 5.32 Å². The maximum Gasteiger partial charge on any atom is 0.335 e. The lowest BCUT2D eigenvalue weighted by molar-refractivity contribution is -0.122. The van der Waals surface area contributed by atoms with Crippen LogP contribution in [-0.4, -0.2) is 25.0 Å². The Kier molecular flexibility index (Phi) is 5.55. The number of carbonyl (C=O) groups is 3. The Balaban J connectivity index is 2.03. The number of nitrogens with zero attached hydrogens (tertiary/aromatic N) is 1. The van der Waals surface area contributed by atoms with E-state index in [1.54, 1.807) is 12.1 Å². The zero-order valence-corrected chi connectivity index (χ0v) is 16.9. The fourth-order valence-corrected chi connectivity index (χ4v) is 3.69. The lowest BCUT2D eigenvalue weighted by Crippen LogP contribution is -2.54. The Morgan fingerprint density at radius 1 is 1.11 bits per heavy atom. The van der Waals surface area contributed by atoms with Crippen molar-refractivity contribution in [1.29, 1.82) is 0 Å². The van der Waals surface area contributed by atoms with Gasteiger partial charge in [0.25, 0.3) is 11.8 Å². The molecule has 4 amide bonds. The maximum absolute atomic E-state index is 12.8. The Bertz CT molecular complexity index is 966. The Morgan fingerprint density at radius 2 is 1.78 bits per heavy atom. The summed E-state index contributed by atoms with van der Waals surface area (Å²) in [5.41, 5.74) is 0.559. The van der Waals surface area contributed by atoms with Crippen molar-refractivity contribution in [2.45, 2.75) is 0 Å². The number of urea groups is 1. The summed E-state index contributed by atoms with van der Waals surface area (Å²) >= 11 is 15.3. The summed E-state index contributed by atoms with van der Waals surface area (Å²) in [6.45, 7) is 0. The van der Waals surface area contributed by atoms with Gasteiger partial charge in [-0.3, -0.25) is 14.9 Å². The minimum atomic E-state index is -0.835. The number of hydrogen-bond acceptors (Lipinski definition) is 4. The molecule has 0 saturated carbocycles. The van der Waals surface area contributed by atoms with Crippen LogP contribution in [0.2, 0.25) is 10.0 Å². The van der Waals surface area contributed by atoms with Crippen LogP contribution in [0.5, 0.6) is 5.75 Å². The number of carbonyl (C=O) groups excluding carboxylic acids is 3. The quantitative estimate of drug-likeness (QED) is 0.532. The molecular weight excluding hydrogens is 459 g/mol. The second-order valence-electron chi connectivity index (χ2n) is 5.45. The minimum Gasteiger partial charge on any atom is -0.494 e. The lowest BCUT2D eigenvalue weighted by atomic mass is 10.1. The smallest absolute Gasteiger partial charge is 0.335 e. The largest absolute Gasteiger partial charge is 0.494 e. The first-order valence-corrected chi connectivity index (χ1v) is 9.06. The molecule has 0 aromatic heterocycles. The molecule has 0 unspecified atom stereocenters. The summed E-state index contributed by atoms with van der Waals surface area (Å²) < 4.78 is 5.71. The van der Waals surface area contributed by atoms with Gasteiger partial charge < -0.3 is 4.74 Å². The van der Waals surface area contributed by atoms with Crippen molar-refractivity contribution in [3.8, 4) is 5.75 Å². The number of anilines is 1. The zero-order valence-electron chi connectivity index (χ0n) is 13.8. The highest BCUT2D eigenvalue weighted by Crippen LogP contribution is 2.35. The van der Waals surface area contributed by atoms with E-state index in [1.807, 2.05) is 0 Å². The van der Waals surface area contributed by atoms with E-state index in [9.17, 15) is 14.4 Å². The van der Waals surface area contributed by atoms with Crippen LogP contribution < -0.4 is 15.0 Å². The van der Waals surface area contributed by atoms with Gasteiger partial charge >= 0.3 is 6.03 Å². The molecule has 1 aliphatic rings. The van der Waals surface area contributed by atoms with Crippen LogP contribution in [0.4, 0.5) is 10.5 Å². The lowest BCUT2D eigenvalue weighted by Gasteiger charge is -2.26. The number of barbiturate groups is 1. The van der Waals surface area contributed by atoms with Crippen molar-refractivity contribution in [3.05, 3.63) is 62.1 Å². The number of benzene rings is 2. The standard InChI is InChI=1S/C18H11BrCl2N2O4/c1-27-15-13(19)7-9(8-14(15)21)6-12-16(24)22-18(26)23(17(12)25)11-4-2-10(20)3-5-11/h2-8H,1H3,(H,22,24,26)/b12-6+. The molecule has 1 N–H and O–H groups in total. The first kappa shape index (κ1) is 19.4. The molecule has 1 aliphatic heterocycles. The molecule has 2 aromatic carbocycles. The van der Waals surface area contributed by atoms with Crippen molar-refractivity contribution in [2.24, 2.45) is 0 Å². The van der Waals surface area contributed by atoms with Crippen LogP contribution >= 0.6 is 39.1 Å². The Hall–Kier alpha value is -2.35. The summed E-state index contributed by atoms with van der Waals surface area (Å²) in [4.78, 5) is 38.0. The van der Waals surface area contributed by atoms with Gasteiger partial charge in [-0.05, 0) is 64.0 Å². The number of ether oxygens (including phenoxy) is 1. The first-order valence-electron chi connectivity index (χ1n) is 7.52. The zero-order chi connectivity index (χ0) is 19.7. The minimum absolute atomic E-state index is 0.210. The summed E-state index contributed by atoms with van der Waals surface area (Å²) in [5, 5.41) is 2.90. The summed E-state index contributed by atoms with van der Waals surface area (Å²) in [5.74, 6) is -1.12. The topological polar surface area (TPSA) is 75.7 Å². The third kappa shape index (κ3) is 3.85. The van der Waals surface area contributed by atoms with Gasteiger partial charge in [-0.1, -0.05) is 23.2 Å². The third-order valence-electron chi connectivity index (χ3n) is 3.72. The summed E-state index contributed by atoms with van der Waals surface area (Å²) in [6.07, 6.45) is 1.35. The molecule has 27 heavy (non-hydrogen) atoms. The molecule has 6 nitrogen and oxygen atoms in total. The highest BCUT2D eigenvalue weighted by atomic mass is 79.9. The number of amides is 4. The number of halogens is 3. The molecule has 9 heteroatoms. The van der Waals surface area contributed by atoms with E-state index >= 15 is 0 Å². The number of hydrogen-bond donors (Lipinski definition) is 1. The van der Waals surface area contributed by atoms with E-state index in [0.717, 1.165) is 4.90 Å². The van der Waals surface area contributed by atoms with Crippen molar-refractivity contribution in [3.63, 3.8) is 0 Å². The Morgan fingerprint density at radius 3 is 2.37 bits per heavy atom. The average Bonchev–Trinajstić information content (AvgIpc) is 2.60. The molecule has 1 heterocycles. The fourth-order valence-electron chi connectivity index (χ4n) is 2.51. The van der Waals surface area contributed by atoms with E-state index < -0.39 is 17.8 Å². The van der Waals surface area contributed by atoms with Crippen molar-refractivity contribution in [2.75, 3.05) is 12.0 Å². The molecule has 0 radical (unpaired) electrons. The van der Waals surface area contributed by atoms with Gasteiger partial charge in [0.05, 0.1) is 22.3 Å². The van der Waals surface area contributed by atoms with E-state index in [0.29, 0.717) is 25.8 Å². The predicted octanol–water partition coefficient (Wildman–Crippen LogP) is 4.43. The molecule has 0 atom stereocenters. The molecular formula is C18H11BrCl2N2O4. The van der Waals surface area contributed by atoms with Gasteiger partial charge in [-0.15, -0.1) is 0 Å². The number of rotatable bonds is 3. The fraction of sp³-hybridized carbons (Fsp3) is 0.0556. The molecule has 2 aromatic rings. The van der Waals surface area contributed by atoms with Crippen LogP contribution in [0, 0.1) is 0 Å². The maximum atomic E-state index is 12.8. The molecule has 0 bridgehead atoms. The normalized spacial score (nSPS) is 15.9. The number of nitrogens with one attached hydrogen (secondary N) is 1. The summed E-state index contributed by atoms with van der Waals surface area (Å²) in [6, 6.07) is 8.44. The summed E-state index contributed by atoms with van der Waals surface area (Å²) in [7, 11) is 1.47. The SMILES string of the molecule is COc1c(Cl)cc(/C=C2\C(=O)NC(=O)N(c3ccc(Cl)cc3)C2=O)cc1Br. The second kappa shape index (κ2) is 7.72. The molecule has 0 spiro atoms. The highest BCUT2D eigenvalue weighted by Gasteiger charge is 2.36. The molecule has 1 saturated heterocycles. The monoisotopic (exact) mass is 468 g/mol. The molecule has 3 rings (SSSR count). The Labute approximate surface area is 172 Å². The van der Waals surface area contributed by atoms with Crippen LogP contribution in [0.25, 0.3) is 6.08 Å². The van der Waals surface area contributed by atoms with Gasteiger partial charge in [0.1, 0.15) is 5.57 Å². The van der Waals surface area contributed by atoms with E-state index in [1.165, 1.54) is 37.5 Å². The number of methoxy groups -OCH3 is 1. The molecule has 138 valence electrons. The van der Waals surface area contributed by atoms with Crippen molar-refractivity contribution >= 4 is 68.7 Å². The third-order valence-corrected chi connectivity index (χ3v) is 4.84. The van der Waals surface area contributed by atoms with Crippen LogP contribution in [0.3, 0.4) is 0 Å². The highest BCUT2D eigenvalue weighted by molar-refractivity contribution is 9.10. The number of imide groups is 2. The van der Waals surface area contributed by atoms with E-state index in [-0.39, 0.29) is 11.3 Å². The predicted molar refractivity (Wildman–Crippen MR) is 106 cm³/mol. The first-order chi connectivity index (χ1) is 12.8. The van der Waals surface area contributed by atoms with Gasteiger partial charge in [0.15, 0.2) is 5.75 Å². The van der Waals surface area contributed by atoms with Crippen LogP contribution in [0.1, 0.15) is 5.56 Å². The van der Waals surface area contributed by atoms with Gasteiger partial charge in [-0.25, -0.2) is 9.69 Å². The van der Waals surface area contributed by atoms with Crippen LogP contribution in [0.15, 0.2) is 46.4 Å². The van der Waals surface area contributed by atoms with E-state index in [4.69, 9.17) is 27.9 Å².